The minimum atomic E-state index is -0.164. The van der Waals surface area contributed by atoms with Gasteiger partial charge in [0.1, 0.15) is 5.76 Å². The van der Waals surface area contributed by atoms with Crippen molar-refractivity contribution in [1.29, 1.82) is 0 Å². The number of halogens is 1. The van der Waals surface area contributed by atoms with Gasteiger partial charge in [-0.2, -0.15) is 0 Å². The molecule has 13 heavy (non-hydrogen) atoms. The Kier molecular flexibility index (Phi) is 2.10. The van der Waals surface area contributed by atoms with Gasteiger partial charge in [-0.3, -0.25) is 5.32 Å². The largest absolute Gasteiger partial charge is 0.445 e. The summed E-state index contributed by atoms with van der Waals surface area (Å²) in [4.78, 5) is 0. The van der Waals surface area contributed by atoms with Crippen LogP contribution in [0.4, 0.5) is 0 Å². The molecule has 2 rings (SSSR count). The molecule has 1 fully saturated rings. The Hall–Kier alpha value is -0.510. The minimum absolute atomic E-state index is 0.00390. The van der Waals surface area contributed by atoms with E-state index in [1.807, 2.05) is 6.07 Å². The zero-order valence-electron chi connectivity index (χ0n) is 7.63. The molecule has 0 bridgehead atoms. The van der Waals surface area contributed by atoms with Crippen molar-refractivity contribution >= 4 is 11.6 Å². The van der Waals surface area contributed by atoms with Gasteiger partial charge in [0.05, 0.1) is 6.61 Å². The van der Waals surface area contributed by atoms with Crippen molar-refractivity contribution in [2.24, 2.45) is 0 Å². The van der Waals surface area contributed by atoms with Crippen molar-refractivity contribution < 1.29 is 9.15 Å². The lowest BCUT2D eigenvalue weighted by atomic mass is 10.1. The van der Waals surface area contributed by atoms with Crippen LogP contribution in [-0.2, 0) is 4.74 Å². The molecule has 1 N–H and O–H groups in total. The van der Waals surface area contributed by atoms with Gasteiger partial charge in [0.2, 0.25) is 0 Å². The first-order chi connectivity index (χ1) is 6.07. The van der Waals surface area contributed by atoms with Crippen molar-refractivity contribution in [3.05, 3.63) is 23.1 Å². The summed E-state index contributed by atoms with van der Waals surface area (Å²) in [5.74, 6) is 0.732. The molecule has 1 aliphatic rings. The van der Waals surface area contributed by atoms with Crippen LogP contribution in [0.25, 0.3) is 0 Å². The second kappa shape index (κ2) is 3.01. The van der Waals surface area contributed by atoms with Crippen LogP contribution in [0.1, 0.15) is 25.8 Å². The molecule has 2 heterocycles. The van der Waals surface area contributed by atoms with Crippen LogP contribution in [0.15, 0.2) is 16.5 Å². The minimum Gasteiger partial charge on any atom is -0.445 e. The molecule has 1 unspecified atom stereocenters. The van der Waals surface area contributed by atoms with Crippen LogP contribution < -0.4 is 5.32 Å². The van der Waals surface area contributed by atoms with Crippen molar-refractivity contribution in [2.75, 3.05) is 6.61 Å². The maximum Gasteiger partial charge on any atom is 0.193 e. The van der Waals surface area contributed by atoms with Crippen LogP contribution in [0, 0.1) is 0 Å². The molecule has 0 aliphatic carbocycles. The number of nitrogens with one attached hydrogen (secondary N) is 1. The summed E-state index contributed by atoms with van der Waals surface area (Å²) in [7, 11) is 0. The molecule has 0 radical (unpaired) electrons. The summed E-state index contributed by atoms with van der Waals surface area (Å²) < 4.78 is 10.7. The third-order valence-corrected chi connectivity index (χ3v) is 2.19. The first-order valence-corrected chi connectivity index (χ1v) is 4.59. The van der Waals surface area contributed by atoms with E-state index in [0.717, 1.165) is 5.76 Å². The molecule has 1 saturated heterocycles. The summed E-state index contributed by atoms with van der Waals surface area (Å²) in [5.41, 5.74) is 0.00390. The van der Waals surface area contributed by atoms with Gasteiger partial charge in [-0.15, -0.1) is 0 Å². The van der Waals surface area contributed by atoms with Gasteiger partial charge in [0.15, 0.2) is 11.4 Å². The van der Waals surface area contributed by atoms with Crippen molar-refractivity contribution in [2.45, 2.75) is 25.6 Å². The Morgan fingerprint density at radius 1 is 1.54 bits per heavy atom. The molecule has 1 atom stereocenters. The summed E-state index contributed by atoms with van der Waals surface area (Å²) in [6.45, 7) is 4.84. The lowest BCUT2D eigenvalue weighted by Crippen LogP contribution is -2.35. The summed E-state index contributed by atoms with van der Waals surface area (Å²) >= 11 is 5.66. The molecule has 1 aromatic rings. The number of ether oxygens (including phenoxy) is 1. The average molecular weight is 202 g/mol. The molecular formula is C9H12ClNO2. The molecule has 3 nitrogen and oxygen atoms in total. The molecule has 4 heteroatoms. The Labute approximate surface area is 82.0 Å². The Morgan fingerprint density at radius 2 is 2.31 bits per heavy atom. The second-order valence-electron chi connectivity index (χ2n) is 3.86. The number of hydrogen-bond donors (Lipinski definition) is 1. The first kappa shape index (κ1) is 9.06. The quantitative estimate of drug-likeness (QED) is 0.758. The van der Waals surface area contributed by atoms with E-state index in [1.54, 1.807) is 6.07 Å². The fourth-order valence-electron chi connectivity index (χ4n) is 1.35. The average Bonchev–Trinajstić information content (AvgIpc) is 2.56. The highest BCUT2D eigenvalue weighted by Gasteiger charge is 2.33. The Bertz CT molecular complexity index is 308. The SMILES string of the molecule is CC1(C)COC(c2ccc(Cl)o2)N1. The highest BCUT2D eigenvalue weighted by atomic mass is 35.5. The molecule has 0 aromatic carbocycles. The molecule has 0 spiro atoms. The maximum atomic E-state index is 5.66. The zero-order valence-corrected chi connectivity index (χ0v) is 8.39. The maximum absolute atomic E-state index is 5.66. The van der Waals surface area contributed by atoms with E-state index >= 15 is 0 Å². The van der Waals surface area contributed by atoms with Gasteiger partial charge < -0.3 is 9.15 Å². The molecule has 0 amide bonds. The zero-order chi connectivity index (χ0) is 9.47. The molecule has 1 aliphatic heterocycles. The molecule has 1 aromatic heterocycles. The van der Waals surface area contributed by atoms with Gasteiger partial charge >= 0.3 is 0 Å². The van der Waals surface area contributed by atoms with E-state index in [-0.39, 0.29) is 11.8 Å². The van der Waals surface area contributed by atoms with Crippen molar-refractivity contribution in [1.82, 2.24) is 5.32 Å². The predicted molar refractivity (Wildman–Crippen MR) is 49.6 cm³/mol. The molecular weight excluding hydrogens is 190 g/mol. The lowest BCUT2D eigenvalue weighted by Gasteiger charge is -2.15. The standard InChI is InChI=1S/C9H12ClNO2/c1-9(2)5-12-8(11-9)6-3-4-7(10)13-6/h3-4,8,11H,5H2,1-2H3. The Balaban J connectivity index is 2.12. The van der Waals surface area contributed by atoms with E-state index in [2.05, 4.69) is 19.2 Å². The van der Waals surface area contributed by atoms with Gasteiger partial charge in [0, 0.05) is 5.54 Å². The highest BCUT2D eigenvalue weighted by Crippen LogP contribution is 2.28. The monoisotopic (exact) mass is 201 g/mol. The van der Waals surface area contributed by atoms with Crippen LogP contribution in [0.2, 0.25) is 5.22 Å². The van der Waals surface area contributed by atoms with Crippen molar-refractivity contribution in [3.63, 3.8) is 0 Å². The normalized spacial score (nSPS) is 26.5. The van der Waals surface area contributed by atoms with Crippen LogP contribution in [-0.4, -0.2) is 12.1 Å². The van der Waals surface area contributed by atoms with E-state index in [4.69, 9.17) is 20.8 Å². The van der Waals surface area contributed by atoms with E-state index < -0.39 is 0 Å². The number of hydrogen-bond acceptors (Lipinski definition) is 3. The van der Waals surface area contributed by atoms with Gasteiger partial charge in [0.25, 0.3) is 0 Å². The van der Waals surface area contributed by atoms with Gasteiger partial charge in [-0.25, -0.2) is 0 Å². The summed E-state index contributed by atoms with van der Waals surface area (Å²) in [5, 5.41) is 3.68. The third kappa shape index (κ3) is 1.88. The van der Waals surface area contributed by atoms with Crippen LogP contribution >= 0.6 is 11.6 Å². The van der Waals surface area contributed by atoms with Crippen LogP contribution in [0.3, 0.4) is 0 Å². The van der Waals surface area contributed by atoms with E-state index in [9.17, 15) is 0 Å². The number of furan rings is 1. The van der Waals surface area contributed by atoms with Crippen LogP contribution in [0.5, 0.6) is 0 Å². The lowest BCUT2D eigenvalue weighted by molar-refractivity contribution is 0.0813. The fourth-order valence-corrected chi connectivity index (χ4v) is 1.50. The summed E-state index contributed by atoms with van der Waals surface area (Å²) in [6, 6.07) is 3.54. The smallest absolute Gasteiger partial charge is 0.193 e. The Morgan fingerprint density at radius 3 is 2.77 bits per heavy atom. The van der Waals surface area contributed by atoms with E-state index in [1.165, 1.54) is 0 Å². The number of rotatable bonds is 1. The molecule has 0 saturated carbocycles. The fraction of sp³-hybridized carbons (Fsp3) is 0.556. The van der Waals surface area contributed by atoms with E-state index in [0.29, 0.717) is 11.8 Å². The molecule has 72 valence electrons. The second-order valence-corrected chi connectivity index (χ2v) is 4.23. The first-order valence-electron chi connectivity index (χ1n) is 4.21. The highest BCUT2D eigenvalue weighted by molar-refractivity contribution is 6.28. The summed E-state index contributed by atoms with van der Waals surface area (Å²) in [6.07, 6.45) is -0.164. The van der Waals surface area contributed by atoms with Crippen molar-refractivity contribution in [3.8, 4) is 0 Å². The predicted octanol–water partition coefficient (Wildman–Crippen LogP) is 2.33. The topological polar surface area (TPSA) is 34.4 Å². The third-order valence-electron chi connectivity index (χ3n) is 1.99. The van der Waals surface area contributed by atoms with Gasteiger partial charge in [-0.05, 0) is 37.6 Å². The van der Waals surface area contributed by atoms with Gasteiger partial charge in [-0.1, -0.05) is 0 Å².